The van der Waals surface area contributed by atoms with Gasteiger partial charge in [-0.05, 0) is 44.9 Å². The summed E-state index contributed by atoms with van der Waals surface area (Å²) in [4.78, 5) is 25.4. The third kappa shape index (κ3) is 35.4. The topological polar surface area (TPSA) is 152 Å². The number of hydrogen-bond donors (Lipinski definition) is 4. The lowest BCUT2D eigenvalue weighted by atomic mass is 9.99. The number of aliphatic hydroxyl groups excluding tert-OH is 4. The van der Waals surface area contributed by atoms with Gasteiger partial charge >= 0.3 is 11.9 Å². The van der Waals surface area contributed by atoms with Crippen molar-refractivity contribution in [3.05, 3.63) is 24.3 Å². The molecular formula is C54H100O10. The van der Waals surface area contributed by atoms with Crippen LogP contribution in [0.25, 0.3) is 0 Å². The Bertz CT molecular complexity index is 1100. The molecule has 0 aromatic heterocycles. The third-order valence-electron chi connectivity index (χ3n) is 12.6. The number of rotatable bonds is 46. The summed E-state index contributed by atoms with van der Waals surface area (Å²) in [5.41, 5.74) is 0. The monoisotopic (exact) mass is 909 g/mol. The van der Waals surface area contributed by atoms with E-state index in [1.54, 1.807) is 0 Å². The molecule has 0 radical (unpaired) electrons. The van der Waals surface area contributed by atoms with Crippen LogP contribution in [0.15, 0.2) is 24.3 Å². The van der Waals surface area contributed by atoms with Gasteiger partial charge in [-0.15, -0.1) is 0 Å². The standard InChI is InChI=1S/C54H100O10/c1-3-5-7-9-11-13-15-17-19-21-22-23-24-25-26-27-29-31-33-35-37-39-41-43-50(57)63-47(46-62-54-53(60)52(59)51(58)48(44-55)64-54)45-61-49(56)42-40-38-36-34-32-30-28-20-18-16-14-12-10-8-6-4-2/h27,29,35,37,47-48,51-55,58-60H,3-26,28,30-34,36,38-46H2,1-2H3/b29-27+,37-35+/t47-,48-,51+,52?,53?,54-/m1/s1. The Hall–Kier alpha value is -1.82. The lowest BCUT2D eigenvalue weighted by molar-refractivity contribution is -0.305. The van der Waals surface area contributed by atoms with E-state index in [4.69, 9.17) is 18.9 Å². The van der Waals surface area contributed by atoms with Crippen molar-refractivity contribution >= 4 is 11.9 Å². The summed E-state index contributed by atoms with van der Waals surface area (Å²) in [5.74, 6) is -0.842. The van der Waals surface area contributed by atoms with E-state index in [0.29, 0.717) is 6.42 Å². The number of allylic oxidation sites excluding steroid dienone is 4. The minimum atomic E-state index is -1.60. The van der Waals surface area contributed by atoms with Crippen LogP contribution < -0.4 is 0 Å². The number of hydrogen-bond acceptors (Lipinski definition) is 10. The van der Waals surface area contributed by atoms with Gasteiger partial charge in [0.25, 0.3) is 0 Å². The summed E-state index contributed by atoms with van der Waals surface area (Å²) >= 11 is 0. The zero-order valence-corrected chi connectivity index (χ0v) is 41.3. The van der Waals surface area contributed by atoms with Gasteiger partial charge in [-0.3, -0.25) is 9.59 Å². The zero-order valence-electron chi connectivity index (χ0n) is 41.3. The predicted octanol–water partition coefficient (Wildman–Crippen LogP) is 12.8. The summed E-state index contributed by atoms with van der Waals surface area (Å²) < 4.78 is 22.2. The molecule has 0 spiro atoms. The van der Waals surface area contributed by atoms with Crippen LogP contribution in [-0.2, 0) is 28.5 Å². The Morgan fingerprint density at radius 2 is 0.859 bits per heavy atom. The maximum absolute atomic E-state index is 12.8. The van der Waals surface area contributed by atoms with E-state index in [9.17, 15) is 30.0 Å². The first-order valence-electron chi connectivity index (χ1n) is 26.9. The van der Waals surface area contributed by atoms with Crippen LogP contribution in [-0.4, -0.2) is 89.0 Å². The third-order valence-corrected chi connectivity index (χ3v) is 12.6. The van der Waals surface area contributed by atoms with Gasteiger partial charge in [0.2, 0.25) is 0 Å². The highest BCUT2D eigenvalue weighted by Crippen LogP contribution is 2.23. The van der Waals surface area contributed by atoms with Crippen molar-refractivity contribution in [2.24, 2.45) is 0 Å². The molecule has 0 aromatic carbocycles. The molecular weight excluding hydrogens is 809 g/mol. The lowest BCUT2D eigenvalue weighted by Gasteiger charge is -2.39. The molecule has 0 bridgehead atoms. The SMILES string of the molecule is CCCCCCCCCCCCCCCC/C=C/CC/C=C/CCCC(=O)O[C@H](COC(=O)CCCCCCCCCCCCCCCCCC)CO[C@@H]1O[C@H](CO)[C@H](O)C(O)C1O. The quantitative estimate of drug-likeness (QED) is 0.0264. The lowest BCUT2D eigenvalue weighted by Crippen LogP contribution is -2.59. The second-order valence-electron chi connectivity index (χ2n) is 18.7. The first kappa shape index (κ1) is 60.2. The molecule has 1 saturated heterocycles. The Morgan fingerprint density at radius 3 is 1.31 bits per heavy atom. The van der Waals surface area contributed by atoms with Crippen LogP contribution in [0, 0.1) is 0 Å². The normalized spacial score (nSPS) is 19.5. The fourth-order valence-electron chi connectivity index (χ4n) is 8.33. The molecule has 0 aliphatic carbocycles. The fourth-order valence-corrected chi connectivity index (χ4v) is 8.33. The minimum absolute atomic E-state index is 0.174. The molecule has 6 atom stereocenters. The molecule has 64 heavy (non-hydrogen) atoms. The van der Waals surface area contributed by atoms with E-state index in [0.717, 1.165) is 44.9 Å². The largest absolute Gasteiger partial charge is 0.462 e. The van der Waals surface area contributed by atoms with Crippen LogP contribution in [0.4, 0.5) is 0 Å². The summed E-state index contributed by atoms with van der Waals surface area (Å²) in [5, 5.41) is 40.2. The molecule has 10 heteroatoms. The van der Waals surface area contributed by atoms with Crippen LogP contribution in [0.2, 0.25) is 0 Å². The molecule has 376 valence electrons. The van der Waals surface area contributed by atoms with Crippen molar-refractivity contribution in [2.45, 2.75) is 288 Å². The van der Waals surface area contributed by atoms with E-state index in [1.807, 2.05) is 0 Å². The number of aliphatic hydroxyl groups is 4. The Morgan fingerprint density at radius 1 is 0.469 bits per heavy atom. The second-order valence-corrected chi connectivity index (χ2v) is 18.7. The van der Waals surface area contributed by atoms with Crippen molar-refractivity contribution in [2.75, 3.05) is 19.8 Å². The average Bonchev–Trinajstić information content (AvgIpc) is 3.29. The highest BCUT2D eigenvalue weighted by Gasteiger charge is 2.44. The van der Waals surface area contributed by atoms with E-state index < -0.39 is 49.4 Å². The Kier molecular flexibility index (Phi) is 42.3. The van der Waals surface area contributed by atoms with E-state index in [-0.39, 0.29) is 32.0 Å². The number of carbonyl (C=O) groups excluding carboxylic acids is 2. The molecule has 1 heterocycles. The van der Waals surface area contributed by atoms with Crippen LogP contribution in [0.5, 0.6) is 0 Å². The second kappa shape index (κ2) is 45.0. The smallest absolute Gasteiger partial charge is 0.306 e. The van der Waals surface area contributed by atoms with Gasteiger partial charge in [0.05, 0.1) is 13.2 Å². The van der Waals surface area contributed by atoms with Crippen molar-refractivity contribution in [3.63, 3.8) is 0 Å². The van der Waals surface area contributed by atoms with E-state index in [1.165, 1.54) is 173 Å². The van der Waals surface area contributed by atoms with Gasteiger partial charge in [0.1, 0.15) is 31.0 Å². The van der Waals surface area contributed by atoms with Gasteiger partial charge in [0, 0.05) is 12.8 Å². The van der Waals surface area contributed by atoms with Gasteiger partial charge < -0.3 is 39.4 Å². The zero-order chi connectivity index (χ0) is 46.6. The molecule has 0 aromatic rings. The summed E-state index contributed by atoms with van der Waals surface area (Å²) in [6, 6.07) is 0. The summed E-state index contributed by atoms with van der Waals surface area (Å²) in [7, 11) is 0. The highest BCUT2D eigenvalue weighted by atomic mass is 16.7. The molecule has 1 rings (SSSR count). The average molecular weight is 909 g/mol. The van der Waals surface area contributed by atoms with Gasteiger partial charge in [-0.1, -0.05) is 218 Å². The van der Waals surface area contributed by atoms with Gasteiger partial charge in [-0.2, -0.15) is 0 Å². The van der Waals surface area contributed by atoms with Crippen LogP contribution >= 0.6 is 0 Å². The first-order chi connectivity index (χ1) is 31.3. The van der Waals surface area contributed by atoms with Gasteiger partial charge in [-0.25, -0.2) is 0 Å². The summed E-state index contributed by atoms with van der Waals surface area (Å²) in [6.45, 7) is 3.43. The molecule has 1 aliphatic heterocycles. The summed E-state index contributed by atoms with van der Waals surface area (Å²) in [6.07, 6.45) is 44.9. The van der Waals surface area contributed by atoms with Crippen molar-refractivity contribution in [1.29, 1.82) is 0 Å². The van der Waals surface area contributed by atoms with Crippen LogP contribution in [0.1, 0.15) is 251 Å². The van der Waals surface area contributed by atoms with E-state index in [2.05, 4.69) is 38.2 Å². The number of carbonyl (C=O) groups is 2. The highest BCUT2D eigenvalue weighted by molar-refractivity contribution is 5.70. The molecule has 1 fully saturated rings. The molecule has 4 N–H and O–H groups in total. The predicted molar refractivity (Wildman–Crippen MR) is 261 cm³/mol. The van der Waals surface area contributed by atoms with Crippen molar-refractivity contribution in [3.8, 4) is 0 Å². The van der Waals surface area contributed by atoms with Crippen molar-refractivity contribution < 1.29 is 49.0 Å². The van der Waals surface area contributed by atoms with E-state index >= 15 is 0 Å². The number of unbranched alkanes of at least 4 members (excludes halogenated alkanes) is 31. The molecule has 10 nitrogen and oxygen atoms in total. The van der Waals surface area contributed by atoms with Crippen LogP contribution in [0.3, 0.4) is 0 Å². The Balaban J connectivity index is 2.25. The molecule has 0 saturated carbocycles. The molecule has 0 amide bonds. The molecule has 1 aliphatic rings. The maximum Gasteiger partial charge on any atom is 0.306 e. The minimum Gasteiger partial charge on any atom is -0.462 e. The number of ether oxygens (including phenoxy) is 4. The Labute approximate surface area is 392 Å². The number of esters is 2. The first-order valence-corrected chi connectivity index (χ1v) is 26.9. The molecule has 2 unspecified atom stereocenters. The maximum atomic E-state index is 12.8. The fraction of sp³-hybridized carbons (Fsp3) is 0.889. The van der Waals surface area contributed by atoms with Crippen molar-refractivity contribution in [1.82, 2.24) is 0 Å². The van der Waals surface area contributed by atoms with Gasteiger partial charge in [0.15, 0.2) is 12.4 Å².